The number of alkyl halides is 1. The van der Waals surface area contributed by atoms with Gasteiger partial charge >= 0.3 is 0 Å². The van der Waals surface area contributed by atoms with E-state index >= 15 is 0 Å². The minimum atomic E-state index is -0.547. The largest absolute Gasteiger partial charge is 0.302 e. The molecule has 2 rings (SSSR count). The quantitative estimate of drug-likeness (QED) is 0.703. The van der Waals surface area contributed by atoms with Crippen molar-refractivity contribution in [3.05, 3.63) is 0 Å². The van der Waals surface area contributed by atoms with Crippen LogP contribution in [0.25, 0.3) is 0 Å². The maximum atomic E-state index is 12.6. The first-order valence-corrected chi connectivity index (χ1v) is 6.36. The highest BCUT2D eigenvalue weighted by Crippen LogP contribution is 2.19. The Balaban J connectivity index is 1.62. The van der Waals surface area contributed by atoms with Gasteiger partial charge in [0.1, 0.15) is 6.17 Å². The zero-order valence-electron chi connectivity index (χ0n) is 9.79. The Kier molecular flexibility index (Phi) is 3.98. The minimum absolute atomic E-state index is 0.547. The Morgan fingerprint density at radius 3 is 2.53 bits per heavy atom. The summed E-state index contributed by atoms with van der Waals surface area (Å²) in [6.07, 6.45) is 3.52. The molecule has 88 valence electrons. The van der Waals surface area contributed by atoms with Crippen molar-refractivity contribution in [1.29, 1.82) is 0 Å². The van der Waals surface area contributed by atoms with Crippen molar-refractivity contribution in [1.82, 2.24) is 9.80 Å². The SMILES string of the molecule is CC[C@H]1CCCN(CCN2CC(F)C2)C1. The molecule has 2 heterocycles. The molecule has 0 unspecified atom stereocenters. The van der Waals surface area contributed by atoms with Gasteiger partial charge in [0.25, 0.3) is 0 Å². The summed E-state index contributed by atoms with van der Waals surface area (Å²) in [5, 5.41) is 0. The van der Waals surface area contributed by atoms with Crippen LogP contribution in [0, 0.1) is 5.92 Å². The number of piperidine rings is 1. The summed E-state index contributed by atoms with van der Waals surface area (Å²) in [5.41, 5.74) is 0. The molecular formula is C12H23FN2. The lowest BCUT2D eigenvalue weighted by molar-refractivity contribution is 0.0498. The zero-order valence-corrected chi connectivity index (χ0v) is 9.79. The molecule has 0 aromatic heterocycles. The maximum Gasteiger partial charge on any atom is 0.125 e. The second kappa shape index (κ2) is 5.26. The van der Waals surface area contributed by atoms with Crippen LogP contribution in [0.3, 0.4) is 0 Å². The summed E-state index contributed by atoms with van der Waals surface area (Å²) in [7, 11) is 0. The Morgan fingerprint density at radius 2 is 1.87 bits per heavy atom. The van der Waals surface area contributed by atoms with Crippen LogP contribution in [-0.4, -0.2) is 55.2 Å². The first-order valence-electron chi connectivity index (χ1n) is 6.36. The molecule has 0 N–H and O–H groups in total. The zero-order chi connectivity index (χ0) is 10.7. The van der Waals surface area contributed by atoms with E-state index in [1.54, 1.807) is 0 Å². The molecule has 0 spiro atoms. The third kappa shape index (κ3) is 3.15. The van der Waals surface area contributed by atoms with Gasteiger partial charge in [0.05, 0.1) is 0 Å². The molecule has 2 nitrogen and oxygen atoms in total. The van der Waals surface area contributed by atoms with Crippen molar-refractivity contribution in [3.63, 3.8) is 0 Å². The van der Waals surface area contributed by atoms with Crippen molar-refractivity contribution in [2.75, 3.05) is 39.3 Å². The summed E-state index contributed by atoms with van der Waals surface area (Å²) in [6.45, 7) is 8.36. The average Bonchev–Trinajstić information content (AvgIpc) is 2.23. The van der Waals surface area contributed by atoms with Gasteiger partial charge in [-0.25, -0.2) is 4.39 Å². The van der Waals surface area contributed by atoms with Crippen LogP contribution in [-0.2, 0) is 0 Å². The Labute approximate surface area is 92.4 Å². The van der Waals surface area contributed by atoms with Crippen LogP contribution in [0.15, 0.2) is 0 Å². The molecular weight excluding hydrogens is 191 g/mol. The van der Waals surface area contributed by atoms with E-state index in [2.05, 4.69) is 16.7 Å². The predicted octanol–water partition coefficient (Wildman–Crippen LogP) is 1.76. The number of hydrogen-bond donors (Lipinski definition) is 0. The van der Waals surface area contributed by atoms with Crippen LogP contribution >= 0.6 is 0 Å². The third-order valence-corrected chi connectivity index (χ3v) is 3.83. The third-order valence-electron chi connectivity index (χ3n) is 3.83. The monoisotopic (exact) mass is 214 g/mol. The summed E-state index contributed by atoms with van der Waals surface area (Å²) in [5.74, 6) is 0.907. The smallest absolute Gasteiger partial charge is 0.125 e. The van der Waals surface area contributed by atoms with E-state index in [9.17, 15) is 4.39 Å². The minimum Gasteiger partial charge on any atom is -0.302 e. The lowest BCUT2D eigenvalue weighted by Gasteiger charge is -2.38. The van der Waals surface area contributed by atoms with Crippen molar-refractivity contribution in [2.45, 2.75) is 32.4 Å². The van der Waals surface area contributed by atoms with E-state index in [0.717, 1.165) is 19.0 Å². The number of halogens is 1. The molecule has 2 aliphatic heterocycles. The topological polar surface area (TPSA) is 6.48 Å². The highest BCUT2D eigenvalue weighted by molar-refractivity contribution is 4.80. The van der Waals surface area contributed by atoms with Crippen LogP contribution < -0.4 is 0 Å². The van der Waals surface area contributed by atoms with Gasteiger partial charge in [0, 0.05) is 32.7 Å². The van der Waals surface area contributed by atoms with Crippen LogP contribution in [0.4, 0.5) is 4.39 Å². The molecule has 0 amide bonds. The normalized spacial score (nSPS) is 30.4. The average molecular weight is 214 g/mol. The fraction of sp³-hybridized carbons (Fsp3) is 1.00. The molecule has 0 aliphatic carbocycles. The van der Waals surface area contributed by atoms with Crippen LogP contribution in [0.1, 0.15) is 26.2 Å². The number of rotatable bonds is 4. The van der Waals surface area contributed by atoms with Crippen molar-refractivity contribution >= 4 is 0 Å². The molecule has 0 saturated carbocycles. The van der Waals surface area contributed by atoms with Gasteiger partial charge in [-0.1, -0.05) is 13.3 Å². The van der Waals surface area contributed by atoms with Crippen LogP contribution in [0.5, 0.6) is 0 Å². The van der Waals surface area contributed by atoms with E-state index < -0.39 is 6.17 Å². The highest BCUT2D eigenvalue weighted by atomic mass is 19.1. The van der Waals surface area contributed by atoms with Gasteiger partial charge < -0.3 is 4.90 Å². The van der Waals surface area contributed by atoms with Crippen LogP contribution in [0.2, 0.25) is 0 Å². The van der Waals surface area contributed by atoms with Gasteiger partial charge in [0.15, 0.2) is 0 Å². The first kappa shape index (κ1) is 11.3. The second-order valence-electron chi connectivity index (χ2n) is 5.07. The first-order chi connectivity index (χ1) is 7.28. The summed E-state index contributed by atoms with van der Waals surface area (Å²) >= 11 is 0. The Morgan fingerprint density at radius 1 is 1.13 bits per heavy atom. The van der Waals surface area contributed by atoms with E-state index in [0.29, 0.717) is 13.1 Å². The van der Waals surface area contributed by atoms with E-state index in [1.165, 1.54) is 32.4 Å². The molecule has 2 saturated heterocycles. The Hall–Kier alpha value is -0.150. The van der Waals surface area contributed by atoms with Crippen molar-refractivity contribution in [2.24, 2.45) is 5.92 Å². The van der Waals surface area contributed by atoms with Gasteiger partial charge in [-0.3, -0.25) is 4.90 Å². The van der Waals surface area contributed by atoms with Gasteiger partial charge in [-0.2, -0.15) is 0 Å². The number of nitrogens with zero attached hydrogens (tertiary/aromatic N) is 2. The molecule has 2 aliphatic rings. The summed E-state index contributed by atoms with van der Waals surface area (Å²) in [4.78, 5) is 4.78. The standard InChI is InChI=1S/C12H23FN2/c1-2-11-4-3-5-14(8-11)6-7-15-9-12(13)10-15/h11-12H,2-10H2,1H3/t11-/m0/s1. The van der Waals surface area contributed by atoms with Crippen molar-refractivity contribution < 1.29 is 4.39 Å². The van der Waals surface area contributed by atoms with Gasteiger partial charge in [0.2, 0.25) is 0 Å². The van der Waals surface area contributed by atoms with Gasteiger partial charge in [-0.15, -0.1) is 0 Å². The van der Waals surface area contributed by atoms with E-state index in [4.69, 9.17) is 0 Å². The fourth-order valence-electron chi connectivity index (χ4n) is 2.66. The molecule has 0 aromatic carbocycles. The lowest BCUT2D eigenvalue weighted by atomic mass is 9.96. The molecule has 0 radical (unpaired) electrons. The molecule has 2 fully saturated rings. The van der Waals surface area contributed by atoms with Gasteiger partial charge in [-0.05, 0) is 25.3 Å². The summed E-state index contributed by atoms with van der Waals surface area (Å²) in [6, 6.07) is 0. The molecule has 0 aromatic rings. The summed E-state index contributed by atoms with van der Waals surface area (Å²) < 4.78 is 12.6. The Bertz CT molecular complexity index is 192. The lowest BCUT2D eigenvalue weighted by Crippen LogP contribution is -2.51. The number of hydrogen-bond acceptors (Lipinski definition) is 2. The highest BCUT2D eigenvalue weighted by Gasteiger charge is 2.26. The number of likely N-dealkylation sites (tertiary alicyclic amines) is 2. The maximum absolute atomic E-state index is 12.6. The molecule has 1 atom stereocenters. The van der Waals surface area contributed by atoms with E-state index in [-0.39, 0.29) is 0 Å². The van der Waals surface area contributed by atoms with E-state index in [1.807, 2.05) is 0 Å². The fourth-order valence-corrected chi connectivity index (χ4v) is 2.66. The molecule has 0 bridgehead atoms. The van der Waals surface area contributed by atoms with Crippen molar-refractivity contribution in [3.8, 4) is 0 Å². The molecule has 15 heavy (non-hydrogen) atoms. The predicted molar refractivity (Wildman–Crippen MR) is 60.8 cm³/mol. The molecule has 3 heteroatoms. The second-order valence-corrected chi connectivity index (χ2v) is 5.07.